The fraction of sp³-hybridized carbons (Fsp3) is 0.200. The molecule has 140 valence electrons. The van der Waals surface area contributed by atoms with Crippen molar-refractivity contribution in [1.82, 2.24) is 0 Å². The zero-order chi connectivity index (χ0) is 18.9. The second kappa shape index (κ2) is 7.46. The molecular weight excluding hydrogens is 364 g/mol. The minimum Gasteiger partial charge on any atom is -0.360 e. The maximum atomic E-state index is 6.18. The summed E-state index contributed by atoms with van der Waals surface area (Å²) in [5.41, 5.74) is 2.72. The van der Waals surface area contributed by atoms with Crippen LogP contribution >= 0.6 is 11.6 Å². The lowest BCUT2D eigenvalue weighted by molar-refractivity contribution is -0.914. The molecule has 4 aromatic carbocycles. The van der Waals surface area contributed by atoms with E-state index < -0.39 is 0 Å². The van der Waals surface area contributed by atoms with E-state index in [2.05, 4.69) is 71.6 Å². The molecule has 1 aliphatic heterocycles. The Bertz CT molecular complexity index is 1080. The van der Waals surface area contributed by atoms with Gasteiger partial charge in [0.05, 0.1) is 26.2 Å². The van der Waals surface area contributed by atoms with E-state index in [4.69, 9.17) is 11.6 Å². The standard InChI is InChI=1S/C25H23ClN2/c26-21-8-5-9-22(17-21)28-14-12-27(13-15-28)18-25-23-10-3-1-6-19(23)16-20-7-2-4-11-24(20)25/h1-11,16-17H,12-15,18H2/p+1. The number of nitrogens with one attached hydrogen (secondary N) is 1. The first kappa shape index (κ1) is 17.5. The maximum absolute atomic E-state index is 6.18. The van der Waals surface area contributed by atoms with Gasteiger partial charge >= 0.3 is 0 Å². The van der Waals surface area contributed by atoms with Gasteiger partial charge in [-0.1, -0.05) is 66.2 Å². The van der Waals surface area contributed by atoms with E-state index >= 15 is 0 Å². The molecule has 0 amide bonds. The first-order chi connectivity index (χ1) is 13.8. The molecule has 1 heterocycles. The first-order valence-electron chi connectivity index (χ1n) is 10.0. The first-order valence-corrected chi connectivity index (χ1v) is 10.4. The SMILES string of the molecule is Clc1cccc(N2CC[NH+](Cc3c4ccccc4cc4ccccc34)CC2)c1. The van der Waals surface area contributed by atoms with Crippen molar-refractivity contribution in [1.29, 1.82) is 0 Å². The Morgan fingerprint density at radius 3 is 2.04 bits per heavy atom. The summed E-state index contributed by atoms with van der Waals surface area (Å²) in [6.45, 7) is 5.50. The van der Waals surface area contributed by atoms with Crippen LogP contribution in [0.5, 0.6) is 0 Å². The fourth-order valence-electron chi connectivity index (χ4n) is 4.48. The summed E-state index contributed by atoms with van der Waals surface area (Å²) in [6, 6.07) is 28.2. The van der Waals surface area contributed by atoms with Crippen LogP contribution in [0.3, 0.4) is 0 Å². The van der Waals surface area contributed by atoms with Gasteiger partial charge in [-0.25, -0.2) is 0 Å². The summed E-state index contributed by atoms with van der Waals surface area (Å²) in [7, 11) is 0. The lowest BCUT2D eigenvalue weighted by atomic mass is 9.96. The number of halogens is 1. The third-order valence-corrected chi connectivity index (χ3v) is 6.19. The molecule has 0 bridgehead atoms. The molecule has 0 spiro atoms. The van der Waals surface area contributed by atoms with E-state index in [1.165, 1.54) is 32.8 Å². The average Bonchev–Trinajstić information content (AvgIpc) is 2.74. The van der Waals surface area contributed by atoms with Crippen LogP contribution in [0, 0.1) is 0 Å². The van der Waals surface area contributed by atoms with Crippen molar-refractivity contribution in [3.8, 4) is 0 Å². The number of hydrogen-bond donors (Lipinski definition) is 1. The highest BCUT2D eigenvalue weighted by molar-refractivity contribution is 6.30. The quantitative estimate of drug-likeness (QED) is 0.507. The van der Waals surface area contributed by atoms with Crippen LogP contribution in [0.25, 0.3) is 21.5 Å². The van der Waals surface area contributed by atoms with Gasteiger partial charge in [0, 0.05) is 16.3 Å². The van der Waals surface area contributed by atoms with E-state index in [0.717, 1.165) is 37.7 Å². The monoisotopic (exact) mass is 387 g/mol. The van der Waals surface area contributed by atoms with Gasteiger partial charge in [-0.2, -0.15) is 0 Å². The second-order valence-electron chi connectivity index (χ2n) is 7.69. The van der Waals surface area contributed by atoms with E-state index in [9.17, 15) is 0 Å². The molecule has 5 rings (SSSR count). The number of fused-ring (bicyclic) bond motifs is 2. The van der Waals surface area contributed by atoms with E-state index in [1.54, 1.807) is 4.90 Å². The van der Waals surface area contributed by atoms with Crippen molar-refractivity contribution in [2.45, 2.75) is 6.54 Å². The zero-order valence-corrected chi connectivity index (χ0v) is 16.6. The number of rotatable bonds is 3. The third-order valence-electron chi connectivity index (χ3n) is 5.95. The smallest absolute Gasteiger partial charge is 0.104 e. The molecule has 3 heteroatoms. The molecule has 0 unspecified atom stereocenters. The van der Waals surface area contributed by atoms with Crippen LogP contribution in [-0.4, -0.2) is 26.2 Å². The molecule has 1 aliphatic rings. The number of benzene rings is 4. The van der Waals surface area contributed by atoms with Crippen molar-refractivity contribution in [3.63, 3.8) is 0 Å². The molecule has 0 aliphatic carbocycles. The molecule has 0 saturated carbocycles. The number of anilines is 1. The van der Waals surface area contributed by atoms with Crippen LogP contribution < -0.4 is 9.80 Å². The van der Waals surface area contributed by atoms with Gasteiger partial charge in [0.2, 0.25) is 0 Å². The lowest BCUT2D eigenvalue weighted by Crippen LogP contribution is -3.13. The Morgan fingerprint density at radius 1 is 0.750 bits per heavy atom. The summed E-state index contributed by atoms with van der Waals surface area (Å²) >= 11 is 6.18. The number of quaternary nitrogens is 1. The summed E-state index contributed by atoms with van der Waals surface area (Å²) in [5, 5.41) is 6.28. The zero-order valence-electron chi connectivity index (χ0n) is 15.9. The lowest BCUT2D eigenvalue weighted by Gasteiger charge is -2.34. The highest BCUT2D eigenvalue weighted by Gasteiger charge is 2.22. The summed E-state index contributed by atoms with van der Waals surface area (Å²) in [6.07, 6.45) is 0. The topological polar surface area (TPSA) is 7.68 Å². The molecule has 4 aromatic rings. The van der Waals surface area contributed by atoms with Crippen LogP contribution in [0.4, 0.5) is 5.69 Å². The number of nitrogens with zero attached hydrogens (tertiary/aromatic N) is 1. The van der Waals surface area contributed by atoms with Crippen LogP contribution in [0.1, 0.15) is 5.56 Å². The van der Waals surface area contributed by atoms with Crippen LogP contribution in [0.2, 0.25) is 5.02 Å². The van der Waals surface area contributed by atoms with Gasteiger partial charge in [-0.3, -0.25) is 0 Å². The molecule has 1 fully saturated rings. The maximum Gasteiger partial charge on any atom is 0.104 e. The molecule has 0 atom stereocenters. The molecular formula is C25H24ClN2+. The molecule has 0 radical (unpaired) electrons. The number of piperazine rings is 1. The fourth-order valence-corrected chi connectivity index (χ4v) is 4.66. The summed E-state index contributed by atoms with van der Waals surface area (Å²) < 4.78 is 0. The van der Waals surface area contributed by atoms with Gasteiger partial charge in [-0.15, -0.1) is 0 Å². The molecule has 2 nitrogen and oxygen atoms in total. The van der Waals surface area contributed by atoms with Crippen molar-refractivity contribution in [3.05, 3.63) is 89.4 Å². The van der Waals surface area contributed by atoms with E-state index in [-0.39, 0.29) is 0 Å². The largest absolute Gasteiger partial charge is 0.360 e. The Kier molecular flexibility index (Phi) is 4.67. The Balaban J connectivity index is 1.41. The van der Waals surface area contributed by atoms with Gasteiger partial charge in [0.25, 0.3) is 0 Å². The summed E-state index contributed by atoms with van der Waals surface area (Å²) in [4.78, 5) is 4.11. The Morgan fingerprint density at radius 2 is 1.39 bits per heavy atom. The predicted octanol–water partition coefficient (Wildman–Crippen LogP) is 4.55. The highest BCUT2D eigenvalue weighted by atomic mass is 35.5. The molecule has 28 heavy (non-hydrogen) atoms. The van der Waals surface area contributed by atoms with E-state index in [0.29, 0.717) is 0 Å². The van der Waals surface area contributed by atoms with Crippen LogP contribution in [-0.2, 0) is 6.54 Å². The Hall–Kier alpha value is -2.55. The predicted molar refractivity (Wildman–Crippen MR) is 120 cm³/mol. The molecule has 0 aromatic heterocycles. The third kappa shape index (κ3) is 3.34. The normalized spacial score (nSPS) is 15.4. The summed E-state index contributed by atoms with van der Waals surface area (Å²) in [5.74, 6) is 0. The molecule has 1 N–H and O–H groups in total. The number of hydrogen-bond acceptors (Lipinski definition) is 1. The van der Waals surface area contributed by atoms with Crippen molar-refractivity contribution in [2.24, 2.45) is 0 Å². The van der Waals surface area contributed by atoms with E-state index in [1.807, 2.05) is 12.1 Å². The van der Waals surface area contributed by atoms with Crippen molar-refractivity contribution < 1.29 is 4.90 Å². The minimum atomic E-state index is 0.814. The second-order valence-corrected chi connectivity index (χ2v) is 8.13. The average molecular weight is 388 g/mol. The minimum absolute atomic E-state index is 0.814. The van der Waals surface area contributed by atoms with Crippen molar-refractivity contribution >= 4 is 38.8 Å². The van der Waals surface area contributed by atoms with Gasteiger partial charge in [0.15, 0.2) is 0 Å². The van der Waals surface area contributed by atoms with Gasteiger partial charge < -0.3 is 9.80 Å². The molecule has 1 saturated heterocycles. The van der Waals surface area contributed by atoms with Crippen molar-refractivity contribution in [2.75, 3.05) is 31.1 Å². The van der Waals surface area contributed by atoms with Gasteiger partial charge in [0.1, 0.15) is 6.54 Å². The van der Waals surface area contributed by atoms with Gasteiger partial charge in [-0.05, 0) is 45.8 Å². The Labute approximate surface area is 170 Å². The van der Waals surface area contributed by atoms with Crippen LogP contribution in [0.15, 0.2) is 78.9 Å². The highest BCUT2D eigenvalue weighted by Crippen LogP contribution is 2.28.